The molecule has 1 aliphatic rings. The van der Waals surface area contributed by atoms with Gasteiger partial charge in [-0.2, -0.15) is 0 Å². The molecule has 0 bridgehead atoms. The second kappa shape index (κ2) is 6.67. The van der Waals surface area contributed by atoms with E-state index in [9.17, 15) is 0 Å². The number of anilines is 3. The third-order valence-corrected chi connectivity index (χ3v) is 4.78. The largest absolute Gasteiger partial charge is 0.332 e. The fourth-order valence-corrected chi connectivity index (χ4v) is 3.63. The van der Waals surface area contributed by atoms with E-state index in [0.717, 1.165) is 52.8 Å². The topological polar surface area (TPSA) is 92.6 Å². The van der Waals surface area contributed by atoms with Crippen molar-refractivity contribution >= 4 is 28.2 Å². The van der Waals surface area contributed by atoms with Crippen molar-refractivity contribution in [3.05, 3.63) is 41.1 Å². The molecule has 1 N–H and O–H groups in total. The molecule has 1 atom stereocenters. The van der Waals surface area contributed by atoms with Crippen LogP contribution in [0, 0.1) is 13.8 Å². The molecular formula is C16H18N8S. The van der Waals surface area contributed by atoms with Crippen LogP contribution in [0.5, 0.6) is 0 Å². The Morgan fingerprint density at radius 3 is 2.76 bits per heavy atom. The lowest BCUT2D eigenvalue weighted by Gasteiger charge is -2.24. The van der Waals surface area contributed by atoms with E-state index in [2.05, 4.69) is 40.3 Å². The lowest BCUT2D eigenvalue weighted by molar-refractivity contribution is 0.673. The van der Waals surface area contributed by atoms with Crippen molar-refractivity contribution in [1.82, 2.24) is 30.1 Å². The molecular weight excluding hydrogens is 336 g/mol. The van der Waals surface area contributed by atoms with Gasteiger partial charge in [-0.3, -0.25) is 0 Å². The first-order valence-corrected chi connectivity index (χ1v) is 8.97. The Kier molecular flexibility index (Phi) is 4.22. The highest BCUT2D eigenvalue weighted by Crippen LogP contribution is 2.34. The summed E-state index contributed by atoms with van der Waals surface area (Å²) in [5, 5.41) is 13.0. The molecule has 0 radical (unpaired) electrons. The van der Waals surface area contributed by atoms with Crippen molar-refractivity contribution in [2.24, 2.45) is 0 Å². The average molecular weight is 354 g/mol. The molecule has 9 heteroatoms. The van der Waals surface area contributed by atoms with Crippen molar-refractivity contribution in [2.75, 3.05) is 16.8 Å². The summed E-state index contributed by atoms with van der Waals surface area (Å²) in [6, 6.07) is 3.96. The van der Waals surface area contributed by atoms with Crippen LogP contribution >= 0.6 is 11.3 Å². The quantitative estimate of drug-likeness (QED) is 0.764. The van der Waals surface area contributed by atoms with Gasteiger partial charge in [0.05, 0.1) is 11.7 Å². The Bertz CT molecular complexity index is 866. The molecule has 1 fully saturated rings. The fraction of sp³-hybridized carbons (Fsp3) is 0.375. The van der Waals surface area contributed by atoms with E-state index < -0.39 is 0 Å². The molecule has 4 heterocycles. The summed E-state index contributed by atoms with van der Waals surface area (Å²) in [6.45, 7) is 4.75. The van der Waals surface area contributed by atoms with Gasteiger partial charge in [-0.1, -0.05) is 11.3 Å². The zero-order valence-corrected chi connectivity index (χ0v) is 14.9. The smallest absolute Gasteiger partial charge is 0.225 e. The number of rotatable bonds is 4. The molecule has 4 rings (SSSR count). The van der Waals surface area contributed by atoms with E-state index in [-0.39, 0.29) is 6.04 Å². The highest BCUT2D eigenvalue weighted by molar-refractivity contribution is 7.15. The number of aromatic nitrogens is 6. The van der Waals surface area contributed by atoms with Gasteiger partial charge in [0.15, 0.2) is 0 Å². The van der Waals surface area contributed by atoms with Crippen molar-refractivity contribution in [3.63, 3.8) is 0 Å². The molecule has 3 aromatic rings. The molecule has 128 valence electrons. The van der Waals surface area contributed by atoms with Gasteiger partial charge >= 0.3 is 0 Å². The van der Waals surface area contributed by atoms with Gasteiger partial charge in [0, 0.05) is 25.0 Å². The van der Waals surface area contributed by atoms with Crippen LogP contribution in [0.1, 0.15) is 35.4 Å². The van der Waals surface area contributed by atoms with Gasteiger partial charge in [0.1, 0.15) is 16.6 Å². The van der Waals surface area contributed by atoms with Crippen LogP contribution < -0.4 is 10.2 Å². The number of nitrogens with one attached hydrogen (secondary N) is 1. The number of hydrogen-bond acceptors (Lipinski definition) is 9. The van der Waals surface area contributed by atoms with Crippen LogP contribution in [0.3, 0.4) is 0 Å². The van der Waals surface area contributed by atoms with Gasteiger partial charge in [-0.05, 0) is 32.8 Å². The fourth-order valence-electron chi connectivity index (χ4n) is 3.04. The SMILES string of the molecule is Cc1nc(Nc2nnc(C)s2)cc(C2CCCN2c2ncccn2)n1. The maximum atomic E-state index is 4.66. The first kappa shape index (κ1) is 15.8. The Morgan fingerprint density at radius 1 is 1.16 bits per heavy atom. The summed E-state index contributed by atoms with van der Waals surface area (Å²) >= 11 is 1.50. The van der Waals surface area contributed by atoms with Crippen molar-refractivity contribution in [2.45, 2.75) is 32.7 Å². The first-order chi connectivity index (χ1) is 12.2. The summed E-state index contributed by atoms with van der Waals surface area (Å²) in [5.41, 5.74) is 0.973. The summed E-state index contributed by atoms with van der Waals surface area (Å²) in [4.78, 5) is 20.1. The predicted octanol–water partition coefficient (Wildman–Crippen LogP) is 2.82. The lowest BCUT2D eigenvalue weighted by atomic mass is 10.1. The van der Waals surface area contributed by atoms with Crippen LogP contribution in [0.25, 0.3) is 0 Å². The molecule has 1 saturated heterocycles. The van der Waals surface area contributed by atoms with E-state index in [1.165, 1.54) is 11.3 Å². The zero-order valence-electron chi connectivity index (χ0n) is 14.0. The lowest BCUT2D eigenvalue weighted by Crippen LogP contribution is -2.25. The Hall–Kier alpha value is -2.68. The van der Waals surface area contributed by atoms with Gasteiger partial charge < -0.3 is 10.2 Å². The monoisotopic (exact) mass is 354 g/mol. The van der Waals surface area contributed by atoms with Crippen molar-refractivity contribution in [3.8, 4) is 0 Å². The molecule has 0 spiro atoms. The summed E-state index contributed by atoms with van der Waals surface area (Å²) < 4.78 is 0. The molecule has 0 saturated carbocycles. The van der Waals surface area contributed by atoms with Gasteiger partial charge in [-0.15, -0.1) is 10.2 Å². The molecule has 8 nitrogen and oxygen atoms in total. The van der Waals surface area contributed by atoms with Crippen LogP contribution in [-0.4, -0.2) is 36.7 Å². The normalized spacial score (nSPS) is 17.0. The third kappa shape index (κ3) is 3.41. The Morgan fingerprint density at radius 2 is 2.00 bits per heavy atom. The van der Waals surface area contributed by atoms with Crippen molar-refractivity contribution < 1.29 is 0 Å². The predicted molar refractivity (Wildman–Crippen MR) is 96.1 cm³/mol. The van der Waals surface area contributed by atoms with Gasteiger partial charge in [0.2, 0.25) is 11.1 Å². The van der Waals surface area contributed by atoms with E-state index >= 15 is 0 Å². The maximum Gasteiger partial charge on any atom is 0.225 e. The highest BCUT2D eigenvalue weighted by atomic mass is 32.1. The second-order valence-electron chi connectivity index (χ2n) is 5.88. The minimum Gasteiger partial charge on any atom is -0.332 e. The van der Waals surface area contributed by atoms with Crippen LogP contribution in [0.2, 0.25) is 0 Å². The van der Waals surface area contributed by atoms with E-state index in [1.54, 1.807) is 12.4 Å². The maximum absolute atomic E-state index is 4.66. The number of nitrogens with zero attached hydrogens (tertiary/aromatic N) is 7. The molecule has 25 heavy (non-hydrogen) atoms. The average Bonchev–Trinajstić information content (AvgIpc) is 3.24. The second-order valence-corrected chi connectivity index (χ2v) is 7.06. The van der Waals surface area contributed by atoms with Gasteiger partial charge in [-0.25, -0.2) is 19.9 Å². The highest BCUT2D eigenvalue weighted by Gasteiger charge is 2.29. The molecule has 0 aliphatic carbocycles. The minimum atomic E-state index is 0.154. The van der Waals surface area contributed by atoms with Crippen LogP contribution in [0.15, 0.2) is 24.5 Å². The van der Waals surface area contributed by atoms with Crippen LogP contribution in [-0.2, 0) is 0 Å². The number of aryl methyl sites for hydroxylation is 2. The molecule has 0 aromatic carbocycles. The van der Waals surface area contributed by atoms with Crippen molar-refractivity contribution in [1.29, 1.82) is 0 Å². The molecule has 3 aromatic heterocycles. The minimum absolute atomic E-state index is 0.154. The zero-order chi connectivity index (χ0) is 17.2. The standard InChI is InChI=1S/C16H18N8S/c1-10-19-12(9-14(20-10)21-16-23-22-11(2)25-16)13-5-3-8-24(13)15-17-6-4-7-18-15/h4,6-7,9,13H,3,5,8H2,1-2H3,(H,19,20,21,23). The van der Waals surface area contributed by atoms with E-state index in [1.807, 2.05) is 26.0 Å². The summed E-state index contributed by atoms with van der Waals surface area (Å²) in [7, 11) is 0. The third-order valence-electron chi connectivity index (χ3n) is 4.02. The summed E-state index contributed by atoms with van der Waals surface area (Å²) in [6.07, 6.45) is 5.65. The number of hydrogen-bond donors (Lipinski definition) is 1. The summed E-state index contributed by atoms with van der Waals surface area (Å²) in [5.74, 6) is 2.21. The first-order valence-electron chi connectivity index (χ1n) is 8.15. The molecule has 1 unspecified atom stereocenters. The molecule has 0 amide bonds. The van der Waals surface area contributed by atoms with E-state index in [4.69, 9.17) is 0 Å². The van der Waals surface area contributed by atoms with E-state index in [0.29, 0.717) is 0 Å². The van der Waals surface area contributed by atoms with Crippen LogP contribution in [0.4, 0.5) is 16.9 Å². The Balaban J connectivity index is 1.63. The Labute approximate surface area is 149 Å². The molecule has 1 aliphatic heterocycles. The van der Waals surface area contributed by atoms with Gasteiger partial charge in [0.25, 0.3) is 0 Å².